The molecule has 0 aliphatic rings. The molecule has 12 nitrogen and oxygen atoms in total. The molecule has 0 saturated heterocycles. The number of carbonyl (C=O) groups is 6. The van der Waals surface area contributed by atoms with Crippen molar-refractivity contribution in [2.24, 2.45) is 0 Å². The summed E-state index contributed by atoms with van der Waals surface area (Å²) < 4.78 is 16.3. The van der Waals surface area contributed by atoms with E-state index in [4.69, 9.17) is 14.2 Å². The van der Waals surface area contributed by atoms with Crippen molar-refractivity contribution in [3.05, 3.63) is 124 Å². The molecule has 4 aromatic rings. The van der Waals surface area contributed by atoms with Crippen LogP contribution in [-0.4, -0.2) is 51.1 Å². The second-order valence-corrected chi connectivity index (χ2v) is 9.50. The van der Waals surface area contributed by atoms with E-state index in [1.54, 1.807) is 18.2 Å². The summed E-state index contributed by atoms with van der Waals surface area (Å²) in [5.74, 6) is -6.83. The van der Waals surface area contributed by atoms with E-state index in [0.29, 0.717) is 0 Å². The van der Waals surface area contributed by atoms with Gasteiger partial charge in [-0.05, 0) is 36.4 Å². The van der Waals surface area contributed by atoms with E-state index in [9.17, 15) is 44.1 Å². The number of hydrogen-bond acceptors (Lipinski definition) is 9. The van der Waals surface area contributed by atoms with Crippen molar-refractivity contribution in [2.45, 2.75) is 19.3 Å². The Hall–Kier alpha value is -6.30. The average molecular weight is 613 g/mol. The van der Waals surface area contributed by atoms with Gasteiger partial charge in [0.2, 0.25) is 0 Å². The van der Waals surface area contributed by atoms with E-state index in [1.807, 2.05) is 0 Å². The molecule has 12 heteroatoms. The first kappa shape index (κ1) is 31.6. The van der Waals surface area contributed by atoms with Crippen molar-refractivity contribution in [3.8, 4) is 17.2 Å². The summed E-state index contributed by atoms with van der Waals surface area (Å²) in [5, 5.41) is 27.6. The summed E-state index contributed by atoms with van der Waals surface area (Å²) in [6.07, 6.45) is -1.34. The molecule has 0 amide bonds. The predicted octanol–water partition coefficient (Wildman–Crippen LogP) is 4.23. The highest BCUT2D eigenvalue weighted by Gasteiger charge is 2.23. The topological polar surface area (TPSA) is 191 Å². The van der Waals surface area contributed by atoms with Gasteiger partial charge in [0.15, 0.2) is 0 Å². The monoisotopic (exact) mass is 612 g/mol. The Morgan fingerprint density at radius 2 is 0.667 bits per heavy atom. The Morgan fingerprint density at radius 1 is 0.422 bits per heavy atom. The highest BCUT2D eigenvalue weighted by Crippen LogP contribution is 2.25. The maximum Gasteiger partial charge on any atom is 0.343 e. The Bertz CT molecular complexity index is 1590. The zero-order valence-electron chi connectivity index (χ0n) is 23.3. The Kier molecular flexibility index (Phi) is 10.0. The number of para-hydroxylation sites is 3. The van der Waals surface area contributed by atoms with Gasteiger partial charge in [-0.15, -0.1) is 0 Å². The molecule has 0 fully saturated rings. The minimum atomic E-state index is -1.17. The number of esters is 3. The van der Waals surface area contributed by atoms with Gasteiger partial charge < -0.3 is 29.5 Å². The molecule has 0 spiro atoms. The maximum absolute atomic E-state index is 13.3. The molecule has 0 unspecified atom stereocenters. The first-order valence-electron chi connectivity index (χ1n) is 13.2. The molecular formula is C33H24O12. The van der Waals surface area contributed by atoms with Crippen molar-refractivity contribution >= 4 is 35.8 Å². The highest BCUT2D eigenvalue weighted by molar-refractivity contribution is 6.02. The van der Waals surface area contributed by atoms with Crippen molar-refractivity contribution in [1.29, 1.82) is 0 Å². The number of aliphatic carboxylic acids is 3. The van der Waals surface area contributed by atoms with Crippen LogP contribution in [0.25, 0.3) is 0 Å². The van der Waals surface area contributed by atoms with Crippen LogP contribution >= 0.6 is 0 Å². The lowest BCUT2D eigenvalue weighted by Crippen LogP contribution is -2.18. The van der Waals surface area contributed by atoms with Crippen LogP contribution in [0.1, 0.15) is 47.8 Å². The summed E-state index contributed by atoms with van der Waals surface area (Å²) in [5.41, 5.74) is -0.339. The molecule has 0 aliphatic heterocycles. The first-order valence-corrected chi connectivity index (χ1v) is 13.2. The van der Waals surface area contributed by atoms with Crippen LogP contribution in [0.15, 0.2) is 91.0 Å². The van der Waals surface area contributed by atoms with Crippen LogP contribution in [0.3, 0.4) is 0 Å². The van der Waals surface area contributed by atoms with Gasteiger partial charge in [-0.2, -0.15) is 0 Å². The van der Waals surface area contributed by atoms with Crippen LogP contribution in [0.5, 0.6) is 17.2 Å². The largest absolute Gasteiger partial charge is 0.481 e. The highest BCUT2D eigenvalue weighted by atomic mass is 16.5. The lowest BCUT2D eigenvalue weighted by atomic mass is 10.0. The molecular weight excluding hydrogens is 588 g/mol. The molecule has 45 heavy (non-hydrogen) atoms. The van der Waals surface area contributed by atoms with Crippen LogP contribution in [-0.2, 0) is 33.6 Å². The predicted molar refractivity (Wildman–Crippen MR) is 155 cm³/mol. The van der Waals surface area contributed by atoms with E-state index in [1.165, 1.54) is 54.6 Å². The van der Waals surface area contributed by atoms with Gasteiger partial charge in [0, 0.05) is 16.7 Å². The molecule has 0 radical (unpaired) electrons. The van der Waals surface area contributed by atoms with Crippen LogP contribution < -0.4 is 14.2 Å². The molecule has 0 heterocycles. The van der Waals surface area contributed by atoms with Gasteiger partial charge in [-0.3, -0.25) is 14.4 Å². The Balaban J connectivity index is 1.71. The van der Waals surface area contributed by atoms with Crippen LogP contribution in [0.2, 0.25) is 0 Å². The number of hydrogen-bond donors (Lipinski definition) is 3. The van der Waals surface area contributed by atoms with E-state index in [-0.39, 0.29) is 50.6 Å². The first-order chi connectivity index (χ1) is 21.5. The quantitative estimate of drug-likeness (QED) is 0.153. The number of ether oxygens (including phenoxy) is 3. The molecule has 0 saturated carbocycles. The SMILES string of the molecule is O=C(O)Cc1ccccc1OC(=O)c1cc(C(=O)Oc2ccccc2CC(=O)O)cc(C(=O)Oc2ccccc2CC(=O)O)c1. The normalized spacial score (nSPS) is 10.4. The fourth-order valence-electron chi connectivity index (χ4n) is 4.19. The van der Waals surface area contributed by atoms with Gasteiger partial charge in [-0.25, -0.2) is 14.4 Å². The Labute approximate surface area is 255 Å². The third-order valence-electron chi connectivity index (χ3n) is 6.19. The van der Waals surface area contributed by atoms with Gasteiger partial charge >= 0.3 is 35.8 Å². The summed E-state index contributed by atoms with van der Waals surface area (Å²) in [6.45, 7) is 0. The van der Waals surface area contributed by atoms with E-state index < -0.39 is 55.1 Å². The van der Waals surface area contributed by atoms with Gasteiger partial charge in [0.05, 0.1) is 36.0 Å². The minimum absolute atomic E-state index is 0.0628. The number of carbonyl (C=O) groups excluding carboxylic acids is 3. The molecule has 0 bridgehead atoms. The second-order valence-electron chi connectivity index (χ2n) is 9.50. The fourth-order valence-corrected chi connectivity index (χ4v) is 4.19. The van der Waals surface area contributed by atoms with Crippen LogP contribution in [0, 0.1) is 0 Å². The molecule has 0 atom stereocenters. The van der Waals surface area contributed by atoms with Crippen LogP contribution in [0.4, 0.5) is 0 Å². The number of rotatable bonds is 12. The van der Waals surface area contributed by atoms with Crippen molar-refractivity contribution < 1.29 is 58.3 Å². The number of carboxylic acids is 3. The zero-order chi connectivity index (χ0) is 32.5. The summed E-state index contributed by atoms with van der Waals surface area (Å²) in [4.78, 5) is 73.6. The van der Waals surface area contributed by atoms with E-state index in [0.717, 1.165) is 18.2 Å². The summed E-state index contributed by atoms with van der Waals surface area (Å²) >= 11 is 0. The Morgan fingerprint density at radius 3 is 0.911 bits per heavy atom. The standard InChI is InChI=1S/C33H24O12/c34-28(35)16-19-7-1-4-10-25(19)43-31(40)22-13-23(32(41)44-26-11-5-2-8-20(26)17-29(36)37)15-24(14-22)33(42)45-27-12-6-3-9-21(27)18-30(38)39/h1-15H,16-18H2,(H,34,35)(H,36,37)(H,38,39). The van der Waals surface area contributed by atoms with E-state index >= 15 is 0 Å². The van der Waals surface area contributed by atoms with Crippen molar-refractivity contribution in [1.82, 2.24) is 0 Å². The molecule has 0 aliphatic carbocycles. The lowest BCUT2D eigenvalue weighted by molar-refractivity contribution is -0.137. The average Bonchev–Trinajstić information content (AvgIpc) is 2.99. The number of carboxylic acid groups (broad SMARTS) is 3. The second kappa shape index (κ2) is 14.2. The van der Waals surface area contributed by atoms with Crippen molar-refractivity contribution in [2.75, 3.05) is 0 Å². The van der Waals surface area contributed by atoms with Gasteiger partial charge in [-0.1, -0.05) is 54.6 Å². The summed E-state index contributed by atoms with van der Waals surface area (Å²) in [7, 11) is 0. The molecule has 228 valence electrons. The maximum atomic E-state index is 13.3. The third-order valence-corrected chi connectivity index (χ3v) is 6.19. The minimum Gasteiger partial charge on any atom is -0.481 e. The van der Waals surface area contributed by atoms with Gasteiger partial charge in [0.25, 0.3) is 0 Å². The molecule has 0 aromatic heterocycles. The number of benzene rings is 4. The molecule has 3 N–H and O–H groups in total. The smallest absolute Gasteiger partial charge is 0.343 e. The van der Waals surface area contributed by atoms with Gasteiger partial charge in [0.1, 0.15) is 17.2 Å². The summed E-state index contributed by atoms with van der Waals surface area (Å²) in [6, 6.07) is 21.0. The van der Waals surface area contributed by atoms with Crippen molar-refractivity contribution in [3.63, 3.8) is 0 Å². The zero-order valence-corrected chi connectivity index (χ0v) is 23.3. The lowest BCUT2D eigenvalue weighted by Gasteiger charge is -2.13. The van der Waals surface area contributed by atoms with E-state index in [2.05, 4.69) is 0 Å². The third kappa shape index (κ3) is 8.61. The fraction of sp³-hybridized carbons (Fsp3) is 0.0909. The molecule has 4 rings (SSSR count). The molecule has 4 aromatic carbocycles.